The fourth-order valence-electron chi connectivity index (χ4n) is 2.12. The molecule has 0 fully saturated rings. The summed E-state index contributed by atoms with van der Waals surface area (Å²) in [5.41, 5.74) is 2.85. The van der Waals surface area contributed by atoms with Crippen LogP contribution in [0.4, 0.5) is 0 Å². The maximum absolute atomic E-state index is 5.58. The molecule has 8 heteroatoms. The van der Waals surface area contributed by atoms with Gasteiger partial charge in [-0.05, 0) is 48.0 Å². The summed E-state index contributed by atoms with van der Waals surface area (Å²) in [6.07, 6.45) is 3.63. The Kier molecular flexibility index (Phi) is 4.47. The van der Waals surface area contributed by atoms with Crippen molar-refractivity contribution < 1.29 is 9.36 Å². The highest BCUT2D eigenvalue weighted by molar-refractivity contribution is 7.71. The Hall–Kier alpha value is -2.22. The number of rotatable bonds is 7. The third-order valence-electron chi connectivity index (χ3n) is 3.33. The van der Waals surface area contributed by atoms with Crippen molar-refractivity contribution >= 4 is 23.3 Å². The van der Waals surface area contributed by atoms with Crippen LogP contribution in [-0.4, -0.2) is 31.9 Å². The summed E-state index contributed by atoms with van der Waals surface area (Å²) in [4.78, 5) is 10.3. The number of nitrogens with zero attached hydrogens (tertiary/aromatic N) is 4. The molecule has 0 aliphatic rings. The number of unbranched alkanes of at least 4 members (excludes halogenated alkanes) is 1. The van der Waals surface area contributed by atoms with E-state index in [1.807, 2.05) is 18.2 Å². The van der Waals surface area contributed by atoms with Crippen LogP contribution in [0.2, 0.25) is 0 Å². The van der Waals surface area contributed by atoms with Crippen LogP contribution in [0.25, 0.3) is 11.0 Å². The van der Waals surface area contributed by atoms with Gasteiger partial charge in [0.2, 0.25) is 0 Å². The number of hydrogen-bond acceptors (Lipinski definition) is 6. The van der Waals surface area contributed by atoms with Crippen molar-refractivity contribution in [1.29, 1.82) is 0 Å². The number of aromatic nitrogens is 5. The van der Waals surface area contributed by atoms with E-state index in [0.29, 0.717) is 11.4 Å². The third kappa shape index (κ3) is 3.33. The van der Waals surface area contributed by atoms with E-state index in [1.165, 1.54) is 4.85 Å². The van der Waals surface area contributed by atoms with Crippen LogP contribution in [-0.2, 0) is 12.8 Å². The number of aryl methyl sites for hydroxylation is 2. The lowest BCUT2D eigenvalue weighted by Crippen LogP contribution is -2.14. The van der Waals surface area contributed by atoms with E-state index in [4.69, 9.17) is 21.6 Å². The molecule has 0 radical (unpaired) electrons. The molecule has 1 aromatic carbocycles. The van der Waals surface area contributed by atoms with Crippen LogP contribution >= 0.6 is 12.2 Å². The Morgan fingerprint density at radius 3 is 3.05 bits per heavy atom. The van der Waals surface area contributed by atoms with Crippen molar-refractivity contribution in [2.24, 2.45) is 0 Å². The predicted octanol–water partition coefficient (Wildman–Crippen LogP) is 2.49. The van der Waals surface area contributed by atoms with Crippen LogP contribution in [0.3, 0.4) is 0 Å². The smallest absolute Gasteiger partial charge is 0.294 e. The maximum atomic E-state index is 5.58. The number of nitrogens with one attached hydrogen (secondary N) is 1. The van der Waals surface area contributed by atoms with Crippen molar-refractivity contribution in [3.8, 4) is 0 Å². The van der Waals surface area contributed by atoms with Crippen molar-refractivity contribution in [2.75, 3.05) is 6.61 Å². The molecule has 0 amide bonds. The first-order valence-electron chi connectivity index (χ1n) is 7.29. The van der Waals surface area contributed by atoms with Gasteiger partial charge in [-0.2, -0.15) is 0 Å². The summed E-state index contributed by atoms with van der Waals surface area (Å²) in [6, 6.07) is 6.03. The van der Waals surface area contributed by atoms with E-state index < -0.39 is 0 Å². The lowest BCUT2D eigenvalue weighted by molar-refractivity contribution is 0.0853. The second-order valence-electron chi connectivity index (χ2n) is 5.01. The van der Waals surface area contributed by atoms with Crippen LogP contribution < -0.4 is 4.84 Å². The number of aromatic amines is 1. The maximum Gasteiger partial charge on any atom is 0.294 e. The van der Waals surface area contributed by atoms with Gasteiger partial charge in [-0.25, -0.2) is 0 Å². The van der Waals surface area contributed by atoms with Gasteiger partial charge in [0.1, 0.15) is 23.5 Å². The number of H-pyrrole nitrogens is 1. The second-order valence-corrected chi connectivity index (χ2v) is 5.38. The SMILES string of the molecule is CCCCOn1nnc2cc(CCc3noc(=S)[nH]3)ccc21. The molecule has 2 heterocycles. The molecular weight excluding hydrogens is 302 g/mol. The van der Waals surface area contributed by atoms with Crippen molar-refractivity contribution in [1.82, 2.24) is 25.3 Å². The zero-order valence-corrected chi connectivity index (χ0v) is 13.1. The van der Waals surface area contributed by atoms with Gasteiger partial charge < -0.3 is 9.36 Å². The summed E-state index contributed by atoms with van der Waals surface area (Å²) in [7, 11) is 0. The van der Waals surface area contributed by atoms with Crippen molar-refractivity contribution in [3.63, 3.8) is 0 Å². The van der Waals surface area contributed by atoms with E-state index in [-0.39, 0.29) is 0 Å². The summed E-state index contributed by atoms with van der Waals surface area (Å²) < 4.78 is 4.84. The highest BCUT2D eigenvalue weighted by Crippen LogP contribution is 2.14. The number of benzene rings is 1. The topological polar surface area (TPSA) is 81.8 Å². The number of fused-ring (bicyclic) bond motifs is 1. The lowest BCUT2D eigenvalue weighted by atomic mass is 10.1. The molecule has 0 atom stereocenters. The Labute approximate surface area is 132 Å². The van der Waals surface area contributed by atoms with E-state index in [0.717, 1.165) is 48.1 Å². The van der Waals surface area contributed by atoms with Gasteiger partial charge in [-0.1, -0.05) is 29.4 Å². The van der Waals surface area contributed by atoms with E-state index in [9.17, 15) is 0 Å². The molecule has 3 aromatic rings. The highest BCUT2D eigenvalue weighted by atomic mass is 32.1. The third-order valence-corrected chi connectivity index (χ3v) is 3.50. The van der Waals surface area contributed by atoms with Gasteiger partial charge in [-0.15, -0.1) is 5.10 Å². The average molecular weight is 319 g/mol. The average Bonchev–Trinajstić information content (AvgIpc) is 3.12. The summed E-state index contributed by atoms with van der Waals surface area (Å²) >= 11 is 4.85. The van der Waals surface area contributed by atoms with Gasteiger partial charge >= 0.3 is 0 Å². The molecule has 7 nitrogen and oxygen atoms in total. The first kappa shape index (κ1) is 14.7. The minimum atomic E-state index is 0.303. The highest BCUT2D eigenvalue weighted by Gasteiger charge is 2.07. The summed E-state index contributed by atoms with van der Waals surface area (Å²) in [6.45, 7) is 2.76. The molecule has 2 aromatic heterocycles. The molecule has 1 N–H and O–H groups in total. The fraction of sp³-hybridized carbons (Fsp3) is 0.429. The van der Waals surface area contributed by atoms with Crippen LogP contribution in [0, 0.1) is 4.84 Å². The molecule has 0 spiro atoms. The van der Waals surface area contributed by atoms with E-state index in [1.54, 1.807) is 0 Å². The molecule has 0 aliphatic carbocycles. The largest absolute Gasteiger partial charge is 0.395 e. The lowest BCUT2D eigenvalue weighted by Gasteiger charge is -2.04. The predicted molar refractivity (Wildman–Crippen MR) is 83.0 cm³/mol. The Morgan fingerprint density at radius 1 is 1.36 bits per heavy atom. The van der Waals surface area contributed by atoms with Crippen LogP contribution in [0.1, 0.15) is 31.2 Å². The van der Waals surface area contributed by atoms with Crippen molar-refractivity contribution in [3.05, 3.63) is 34.4 Å². The zero-order valence-electron chi connectivity index (χ0n) is 12.3. The number of hydrogen-bond donors (Lipinski definition) is 1. The monoisotopic (exact) mass is 319 g/mol. The summed E-state index contributed by atoms with van der Waals surface area (Å²) in [5.74, 6) is 0.747. The van der Waals surface area contributed by atoms with E-state index in [2.05, 4.69) is 27.4 Å². The Morgan fingerprint density at radius 2 is 2.27 bits per heavy atom. The van der Waals surface area contributed by atoms with Gasteiger partial charge in [0.05, 0.1) is 0 Å². The van der Waals surface area contributed by atoms with Crippen molar-refractivity contribution in [2.45, 2.75) is 32.6 Å². The quantitative estimate of drug-likeness (QED) is 0.532. The molecule has 0 saturated carbocycles. The second kappa shape index (κ2) is 6.69. The molecule has 116 valence electrons. The minimum absolute atomic E-state index is 0.303. The van der Waals surface area contributed by atoms with Gasteiger partial charge in [0.15, 0.2) is 0 Å². The molecule has 0 saturated heterocycles. The zero-order chi connectivity index (χ0) is 15.4. The van der Waals surface area contributed by atoms with Crippen LogP contribution in [0.15, 0.2) is 22.7 Å². The molecule has 0 bridgehead atoms. The Bertz CT molecular complexity index is 807. The first-order valence-corrected chi connectivity index (χ1v) is 7.69. The normalized spacial score (nSPS) is 11.1. The van der Waals surface area contributed by atoms with Gasteiger partial charge in [0.25, 0.3) is 4.84 Å². The van der Waals surface area contributed by atoms with Crippen LogP contribution in [0.5, 0.6) is 0 Å². The molecule has 22 heavy (non-hydrogen) atoms. The van der Waals surface area contributed by atoms with Gasteiger partial charge in [0, 0.05) is 6.42 Å². The molecular formula is C14H17N5O2S. The first-order chi connectivity index (χ1) is 10.8. The standard InChI is InChI=1S/C14H17N5O2S/c1-2-3-8-20-19-12-6-4-10(9-11(12)16-18-19)5-7-13-15-14(22)21-17-13/h4,6,9H,2-3,5,7-8H2,1H3,(H,15,17,22). The minimum Gasteiger partial charge on any atom is -0.395 e. The molecule has 0 unspecified atom stereocenters. The fourth-order valence-corrected chi connectivity index (χ4v) is 2.28. The molecule has 3 rings (SSSR count). The summed E-state index contributed by atoms with van der Waals surface area (Å²) in [5, 5.41) is 12.0. The van der Waals surface area contributed by atoms with E-state index >= 15 is 0 Å². The Balaban J connectivity index is 1.69. The molecule has 0 aliphatic heterocycles. The van der Waals surface area contributed by atoms with Gasteiger partial charge in [-0.3, -0.25) is 4.98 Å².